The highest BCUT2D eigenvalue weighted by molar-refractivity contribution is 7.90. The van der Waals surface area contributed by atoms with Gasteiger partial charge in [-0.15, -0.1) is 0 Å². The maximum Gasteiger partial charge on any atom is 0.225 e. The van der Waals surface area contributed by atoms with E-state index in [1.165, 1.54) is 36.3 Å². The average Bonchev–Trinajstić information content (AvgIpc) is 3.95. The topological polar surface area (TPSA) is 97.1 Å². The molecular weight excluding hydrogens is 572 g/mol. The van der Waals surface area contributed by atoms with Gasteiger partial charge in [0.25, 0.3) is 0 Å². The minimum atomic E-state index is -3.54. The summed E-state index contributed by atoms with van der Waals surface area (Å²) < 4.78 is 58.2. The van der Waals surface area contributed by atoms with E-state index in [4.69, 9.17) is 4.98 Å². The van der Waals surface area contributed by atoms with E-state index in [2.05, 4.69) is 24.8 Å². The fourth-order valence-electron chi connectivity index (χ4n) is 6.18. The zero-order valence-corrected chi connectivity index (χ0v) is 25.0. The van der Waals surface area contributed by atoms with E-state index >= 15 is 8.78 Å². The number of piperidine rings is 1. The third-order valence-electron chi connectivity index (χ3n) is 8.98. The van der Waals surface area contributed by atoms with Gasteiger partial charge in [0.05, 0.1) is 23.2 Å². The molecule has 0 amide bonds. The number of aromatic nitrogens is 5. The van der Waals surface area contributed by atoms with Gasteiger partial charge in [-0.3, -0.25) is 0 Å². The Morgan fingerprint density at radius 2 is 1.70 bits per heavy atom. The Kier molecular flexibility index (Phi) is 7.37. The minimum absolute atomic E-state index is 0.0213. The molecule has 43 heavy (non-hydrogen) atoms. The number of hydrogen-bond acceptors (Lipinski definition) is 8. The lowest BCUT2D eigenvalue weighted by molar-refractivity contribution is 0.203. The standard InChI is InChI=1S/C31H35F2N7O2S/c1-38(24-8-10-39(11-9-24)15-20-2-3-20)31-36-14-27-29(37-31)25(23-12-34-19-35-13-23)16-40(27)30-26(32)7-6-22(28(30)33)18-43(41,42)17-21-4-5-21/h6-7,12-14,16,19-21,24H,2-5,8-11,15,17-18H2,1H3. The molecule has 3 fully saturated rings. The van der Waals surface area contributed by atoms with E-state index in [1.807, 2.05) is 7.05 Å². The zero-order valence-electron chi connectivity index (χ0n) is 24.2. The number of rotatable bonds is 10. The molecule has 1 saturated heterocycles. The van der Waals surface area contributed by atoms with Crippen molar-refractivity contribution in [2.24, 2.45) is 11.8 Å². The number of likely N-dealkylation sites (tertiary alicyclic amines) is 1. The van der Waals surface area contributed by atoms with Crippen LogP contribution in [-0.2, 0) is 15.6 Å². The molecule has 3 aromatic heterocycles. The Bertz CT molecular complexity index is 1750. The molecule has 2 saturated carbocycles. The van der Waals surface area contributed by atoms with E-state index in [0.717, 1.165) is 50.8 Å². The number of halogens is 2. The first-order chi connectivity index (χ1) is 20.8. The van der Waals surface area contributed by atoms with Crippen LogP contribution in [0, 0.1) is 23.5 Å². The molecule has 0 bridgehead atoms. The molecule has 0 spiro atoms. The Hall–Kier alpha value is -3.51. The van der Waals surface area contributed by atoms with Gasteiger partial charge in [0.1, 0.15) is 23.3 Å². The number of fused-ring (bicyclic) bond motifs is 1. The van der Waals surface area contributed by atoms with E-state index in [9.17, 15) is 8.42 Å². The number of hydrogen-bond donors (Lipinski definition) is 0. The van der Waals surface area contributed by atoms with E-state index in [-0.39, 0.29) is 29.0 Å². The third-order valence-corrected chi connectivity index (χ3v) is 10.7. The summed E-state index contributed by atoms with van der Waals surface area (Å²) in [6, 6.07) is 2.62. The minimum Gasteiger partial charge on any atom is -0.341 e. The lowest BCUT2D eigenvalue weighted by Crippen LogP contribution is -2.44. The molecule has 7 rings (SSSR count). The first-order valence-electron chi connectivity index (χ1n) is 15.0. The van der Waals surface area contributed by atoms with Crippen LogP contribution in [0.1, 0.15) is 44.1 Å². The van der Waals surface area contributed by atoms with Crippen molar-refractivity contribution in [2.45, 2.75) is 50.3 Å². The predicted octanol–water partition coefficient (Wildman–Crippen LogP) is 4.79. The van der Waals surface area contributed by atoms with Crippen molar-refractivity contribution in [1.82, 2.24) is 29.4 Å². The number of benzene rings is 1. The average molecular weight is 608 g/mol. The SMILES string of the molecule is CN(c1ncc2c(n1)c(-c1cncnc1)cn2-c1c(F)ccc(CS(=O)(=O)CC2CC2)c1F)C1CCN(CC2CC2)CC1. The fourth-order valence-corrected chi connectivity index (χ4v) is 8.04. The van der Waals surface area contributed by atoms with Crippen molar-refractivity contribution in [1.29, 1.82) is 0 Å². The smallest absolute Gasteiger partial charge is 0.225 e. The summed E-state index contributed by atoms with van der Waals surface area (Å²) in [7, 11) is -1.54. The molecular formula is C31H35F2N7O2S. The molecule has 0 atom stereocenters. The lowest BCUT2D eigenvalue weighted by Gasteiger charge is -2.36. The molecule has 226 valence electrons. The number of nitrogens with zero attached hydrogens (tertiary/aromatic N) is 7. The molecule has 0 unspecified atom stereocenters. The van der Waals surface area contributed by atoms with Crippen LogP contribution in [0.25, 0.3) is 27.8 Å². The highest BCUT2D eigenvalue weighted by Crippen LogP contribution is 2.36. The van der Waals surface area contributed by atoms with Gasteiger partial charge in [-0.05, 0) is 56.4 Å². The van der Waals surface area contributed by atoms with Crippen LogP contribution in [0.2, 0.25) is 0 Å². The van der Waals surface area contributed by atoms with Gasteiger partial charge >= 0.3 is 0 Å². The Balaban J connectivity index is 1.25. The van der Waals surface area contributed by atoms with E-state index in [0.29, 0.717) is 28.1 Å². The Morgan fingerprint density at radius 1 is 0.977 bits per heavy atom. The number of anilines is 1. The van der Waals surface area contributed by atoms with Crippen LogP contribution in [-0.4, -0.2) is 76.3 Å². The predicted molar refractivity (Wildman–Crippen MR) is 161 cm³/mol. The van der Waals surface area contributed by atoms with Gasteiger partial charge in [-0.25, -0.2) is 37.1 Å². The molecule has 9 nitrogen and oxygen atoms in total. The van der Waals surface area contributed by atoms with Gasteiger partial charge in [0.2, 0.25) is 5.95 Å². The maximum absolute atomic E-state index is 16.0. The summed E-state index contributed by atoms with van der Waals surface area (Å²) in [6.07, 6.45) is 14.3. The zero-order chi connectivity index (χ0) is 29.7. The van der Waals surface area contributed by atoms with Gasteiger partial charge in [0, 0.05) is 68.0 Å². The van der Waals surface area contributed by atoms with Crippen molar-refractivity contribution in [2.75, 3.05) is 37.3 Å². The van der Waals surface area contributed by atoms with Gasteiger partial charge in [-0.1, -0.05) is 6.07 Å². The molecule has 0 N–H and O–H groups in total. The maximum atomic E-state index is 16.0. The summed E-state index contributed by atoms with van der Waals surface area (Å²) in [5.74, 6) is -0.646. The molecule has 4 heterocycles. The van der Waals surface area contributed by atoms with Crippen LogP contribution in [0.4, 0.5) is 14.7 Å². The molecule has 1 aromatic carbocycles. The first-order valence-corrected chi connectivity index (χ1v) is 16.8. The normalized spacial score (nSPS) is 18.4. The summed E-state index contributed by atoms with van der Waals surface area (Å²) >= 11 is 0. The fraction of sp³-hybridized carbons (Fsp3) is 0.484. The summed E-state index contributed by atoms with van der Waals surface area (Å²) in [5.41, 5.74) is 1.71. The summed E-state index contributed by atoms with van der Waals surface area (Å²) in [4.78, 5) is 22.5. The van der Waals surface area contributed by atoms with Gasteiger partial charge in [0.15, 0.2) is 15.7 Å². The van der Waals surface area contributed by atoms with Gasteiger partial charge in [-0.2, -0.15) is 0 Å². The van der Waals surface area contributed by atoms with E-state index < -0.39 is 27.2 Å². The Morgan fingerprint density at radius 3 is 2.40 bits per heavy atom. The van der Waals surface area contributed by atoms with Crippen LogP contribution in [0.5, 0.6) is 0 Å². The van der Waals surface area contributed by atoms with Crippen molar-refractivity contribution in [3.05, 3.63) is 60.4 Å². The van der Waals surface area contributed by atoms with Crippen LogP contribution >= 0.6 is 0 Å². The molecule has 4 aromatic rings. The summed E-state index contributed by atoms with van der Waals surface area (Å²) in [5, 5.41) is 0. The van der Waals surface area contributed by atoms with Crippen LogP contribution < -0.4 is 4.90 Å². The molecule has 3 aliphatic rings. The van der Waals surface area contributed by atoms with Crippen molar-refractivity contribution < 1.29 is 17.2 Å². The summed E-state index contributed by atoms with van der Waals surface area (Å²) in [6.45, 7) is 3.28. The second-order valence-electron chi connectivity index (χ2n) is 12.4. The van der Waals surface area contributed by atoms with Crippen molar-refractivity contribution in [3.8, 4) is 16.8 Å². The van der Waals surface area contributed by atoms with Gasteiger partial charge < -0.3 is 14.4 Å². The lowest BCUT2D eigenvalue weighted by atomic mass is 10.0. The molecule has 1 aliphatic heterocycles. The Labute approximate surface area is 249 Å². The molecule has 12 heteroatoms. The number of sulfone groups is 1. The first kappa shape index (κ1) is 28.3. The van der Waals surface area contributed by atoms with Crippen molar-refractivity contribution >= 4 is 26.8 Å². The largest absolute Gasteiger partial charge is 0.341 e. The second-order valence-corrected chi connectivity index (χ2v) is 14.5. The highest BCUT2D eigenvalue weighted by atomic mass is 32.2. The third kappa shape index (κ3) is 5.99. The highest BCUT2D eigenvalue weighted by Gasteiger charge is 2.31. The molecule has 2 aliphatic carbocycles. The quantitative estimate of drug-likeness (QED) is 0.254. The molecule has 0 radical (unpaired) electrons. The second kappa shape index (κ2) is 11.2. The van der Waals surface area contributed by atoms with E-state index in [1.54, 1.807) is 24.8 Å². The van der Waals surface area contributed by atoms with Crippen molar-refractivity contribution in [3.63, 3.8) is 0 Å². The monoisotopic (exact) mass is 607 g/mol. The van der Waals surface area contributed by atoms with Crippen LogP contribution in [0.3, 0.4) is 0 Å². The van der Waals surface area contributed by atoms with Crippen LogP contribution in [0.15, 0.2) is 43.2 Å².